The normalized spacial score (nSPS) is 23.8. The molecule has 28 heavy (non-hydrogen) atoms. The smallest absolute Gasteiger partial charge is 0.344 e. The standard InChI is InChI=1S/C21H22N2O5/c1-26-19(24)16-17(20(25)27-2)21(13-22,14-9-5-3-6-10-14)28-18(16)23-15-11-7-4-8-12-15/h3,5-6,9-10,15H,4,7-8,11-12H2,1-2H3. The Morgan fingerprint density at radius 2 is 1.75 bits per heavy atom. The molecule has 1 saturated carbocycles. The molecule has 1 aromatic carbocycles. The highest BCUT2D eigenvalue weighted by atomic mass is 16.6. The molecule has 0 spiro atoms. The number of benzene rings is 1. The lowest BCUT2D eigenvalue weighted by Crippen LogP contribution is -2.31. The van der Waals surface area contributed by atoms with Crippen LogP contribution in [0.4, 0.5) is 0 Å². The van der Waals surface area contributed by atoms with Crippen LogP contribution in [0.5, 0.6) is 0 Å². The van der Waals surface area contributed by atoms with Gasteiger partial charge in [0.15, 0.2) is 0 Å². The second kappa shape index (κ2) is 8.26. The van der Waals surface area contributed by atoms with E-state index in [-0.39, 0.29) is 23.1 Å². The fourth-order valence-corrected chi connectivity index (χ4v) is 3.66. The van der Waals surface area contributed by atoms with E-state index in [0.717, 1.165) is 32.1 Å². The van der Waals surface area contributed by atoms with Crippen molar-refractivity contribution < 1.29 is 23.8 Å². The van der Waals surface area contributed by atoms with Gasteiger partial charge in [-0.2, -0.15) is 5.26 Å². The number of nitriles is 1. The van der Waals surface area contributed by atoms with E-state index in [1.807, 2.05) is 0 Å². The number of carbonyl (C=O) groups excluding carboxylic acids is 2. The van der Waals surface area contributed by atoms with Crippen molar-refractivity contribution in [2.45, 2.75) is 43.7 Å². The Kier molecular flexibility index (Phi) is 5.78. The number of hydrogen-bond donors (Lipinski definition) is 0. The van der Waals surface area contributed by atoms with Gasteiger partial charge >= 0.3 is 11.9 Å². The molecule has 7 nitrogen and oxygen atoms in total. The molecule has 2 aliphatic rings. The first-order chi connectivity index (χ1) is 13.6. The molecule has 7 heteroatoms. The molecule has 0 N–H and O–H groups in total. The van der Waals surface area contributed by atoms with Gasteiger partial charge in [-0.3, -0.25) is 0 Å². The predicted octanol–water partition coefficient (Wildman–Crippen LogP) is 2.81. The lowest BCUT2D eigenvalue weighted by molar-refractivity contribution is -0.139. The minimum atomic E-state index is -1.83. The van der Waals surface area contributed by atoms with Crippen molar-refractivity contribution in [2.75, 3.05) is 14.2 Å². The van der Waals surface area contributed by atoms with Gasteiger partial charge < -0.3 is 14.2 Å². The summed E-state index contributed by atoms with van der Waals surface area (Å²) in [5.74, 6) is -1.66. The number of methoxy groups -OCH3 is 2. The van der Waals surface area contributed by atoms with Gasteiger partial charge in [-0.15, -0.1) is 0 Å². The fourth-order valence-electron chi connectivity index (χ4n) is 3.66. The van der Waals surface area contributed by atoms with Crippen molar-refractivity contribution in [3.05, 3.63) is 47.0 Å². The third-order valence-corrected chi connectivity index (χ3v) is 5.06. The lowest BCUT2D eigenvalue weighted by atomic mass is 9.86. The summed E-state index contributed by atoms with van der Waals surface area (Å²) in [5, 5.41) is 10.1. The molecule has 1 aromatic rings. The molecule has 1 aliphatic heterocycles. The number of aliphatic imine (C=N–C) groups is 1. The van der Waals surface area contributed by atoms with Gasteiger partial charge in [0.1, 0.15) is 17.2 Å². The quantitative estimate of drug-likeness (QED) is 0.743. The highest BCUT2D eigenvalue weighted by Crippen LogP contribution is 2.43. The summed E-state index contributed by atoms with van der Waals surface area (Å²) in [6.45, 7) is 0. The molecule has 1 unspecified atom stereocenters. The van der Waals surface area contributed by atoms with Crippen LogP contribution in [0.1, 0.15) is 37.7 Å². The Hall–Kier alpha value is -3.14. The number of hydrogen-bond acceptors (Lipinski definition) is 7. The number of nitrogens with zero attached hydrogens (tertiary/aromatic N) is 2. The third kappa shape index (κ3) is 3.38. The molecular weight excluding hydrogens is 360 g/mol. The van der Waals surface area contributed by atoms with Crippen molar-refractivity contribution in [1.82, 2.24) is 0 Å². The van der Waals surface area contributed by atoms with Crippen LogP contribution in [-0.2, 0) is 29.4 Å². The van der Waals surface area contributed by atoms with E-state index >= 15 is 0 Å². The molecule has 1 atom stereocenters. The van der Waals surface area contributed by atoms with Gasteiger partial charge in [-0.05, 0) is 12.8 Å². The van der Waals surface area contributed by atoms with Crippen molar-refractivity contribution in [3.8, 4) is 6.07 Å². The average Bonchev–Trinajstić information content (AvgIpc) is 3.09. The first-order valence-electron chi connectivity index (χ1n) is 9.22. The summed E-state index contributed by atoms with van der Waals surface area (Å²) in [5.41, 5.74) is -1.77. The highest BCUT2D eigenvalue weighted by molar-refractivity contribution is 6.24. The minimum absolute atomic E-state index is 0.0347. The first-order valence-corrected chi connectivity index (χ1v) is 9.22. The molecule has 146 valence electrons. The van der Waals surface area contributed by atoms with Crippen molar-refractivity contribution in [1.29, 1.82) is 5.26 Å². The molecule has 0 amide bonds. The van der Waals surface area contributed by atoms with Crippen LogP contribution in [0.25, 0.3) is 0 Å². The Morgan fingerprint density at radius 3 is 2.32 bits per heavy atom. The molecule has 0 aromatic heterocycles. The molecule has 0 bridgehead atoms. The number of esters is 2. The number of rotatable bonds is 4. The van der Waals surface area contributed by atoms with E-state index in [9.17, 15) is 14.9 Å². The van der Waals surface area contributed by atoms with Gasteiger partial charge in [0, 0.05) is 5.56 Å². The maximum absolute atomic E-state index is 12.7. The number of carbonyl (C=O) groups is 2. The topological polar surface area (TPSA) is 98.0 Å². The SMILES string of the molecule is COC(=O)C1=C(C(=O)OC)C(C#N)(c2ccccc2)OC1=NC1CCCCC1. The van der Waals surface area contributed by atoms with Crippen LogP contribution in [0.2, 0.25) is 0 Å². The van der Waals surface area contributed by atoms with E-state index in [2.05, 4.69) is 11.1 Å². The van der Waals surface area contributed by atoms with E-state index in [0.29, 0.717) is 5.56 Å². The largest absolute Gasteiger partial charge is 0.465 e. The van der Waals surface area contributed by atoms with Crippen molar-refractivity contribution >= 4 is 17.8 Å². The molecule has 0 saturated heterocycles. The Bertz CT molecular complexity index is 863. The zero-order valence-electron chi connectivity index (χ0n) is 15.9. The summed E-state index contributed by atoms with van der Waals surface area (Å²) >= 11 is 0. The molecule has 1 fully saturated rings. The second-order valence-corrected chi connectivity index (χ2v) is 6.72. The Labute approximate surface area is 163 Å². The minimum Gasteiger partial charge on any atom is -0.465 e. The zero-order chi connectivity index (χ0) is 20.1. The van der Waals surface area contributed by atoms with Gasteiger partial charge in [0.05, 0.1) is 20.3 Å². The summed E-state index contributed by atoms with van der Waals surface area (Å²) in [6, 6.07) is 10.6. The number of ether oxygens (including phenoxy) is 3. The van der Waals surface area contributed by atoms with Gasteiger partial charge in [0.25, 0.3) is 5.60 Å². The molecule has 1 aliphatic carbocycles. The molecule has 1 heterocycles. The lowest BCUT2D eigenvalue weighted by Gasteiger charge is -2.24. The Morgan fingerprint density at radius 1 is 1.11 bits per heavy atom. The second-order valence-electron chi connectivity index (χ2n) is 6.72. The third-order valence-electron chi connectivity index (χ3n) is 5.06. The highest BCUT2D eigenvalue weighted by Gasteiger charge is 2.55. The van der Waals surface area contributed by atoms with E-state index in [1.165, 1.54) is 14.2 Å². The maximum atomic E-state index is 12.7. The Balaban J connectivity index is 2.22. The first kappa shape index (κ1) is 19.6. The van der Waals surface area contributed by atoms with Gasteiger partial charge in [-0.25, -0.2) is 14.6 Å². The van der Waals surface area contributed by atoms with E-state index in [1.54, 1.807) is 30.3 Å². The predicted molar refractivity (Wildman–Crippen MR) is 100 cm³/mol. The summed E-state index contributed by atoms with van der Waals surface area (Å²) < 4.78 is 15.7. The average molecular weight is 382 g/mol. The molecule has 3 rings (SSSR count). The van der Waals surface area contributed by atoms with Crippen molar-refractivity contribution in [3.63, 3.8) is 0 Å². The van der Waals surface area contributed by atoms with Gasteiger partial charge in [-0.1, -0.05) is 49.6 Å². The summed E-state index contributed by atoms with van der Waals surface area (Å²) in [6.07, 6.45) is 4.93. The van der Waals surface area contributed by atoms with Crippen LogP contribution in [0.15, 0.2) is 46.5 Å². The summed E-state index contributed by atoms with van der Waals surface area (Å²) in [7, 11) is 2.39. The fraction of sp³-hybridized carbons (Fsp3) is 0.429. The van der Waals surface area contributed by atoms with Crippen LogP contribution in [-0.4, -0.2) is 38.1 Å². The van der Waals surface area contributed by atoms with Crippen LogP contribution in [0.3, 0.4) is 0 Å². The van der Waals surface area contributed by atoms with Crippen LogP contribution >= 0.6 is 0 Å². The van der Waals surface area contributed by atoms with Crippen molar-refractivity contribution in [2.24, 2.45) is 4.99 Å². The molecular formula is C21H22N2O5. The van der Waals surface area contributed by atoms with E-state index in [4.69, 9.17) is 14.2 Å². The van der Waals surface area contributed by atoms with Crippen LogP contribution in [0, 0.1) is 11.3 Å². The summed E-state index contributed by atoms with van der Waals surface area (Å²) in [4.78, 5) is 29.8. The zero-order valence-corrected chi connectivity index (χ0v) is 15.9. The van der Waals surface area contributed by atoms with Crippen LogP contribution < -0.4 is 0 Å². The monoisotopic (exact) mass is 382 g/mol. The van der Waals surface area contributed by atoms with Gasteiger partial charge in [0.2, 0.25) is 5.90 Å². The molecule has 0 radical (unpaired) electrons. The van der Waals surface area contributed by atoms with E-state index < -0.39 is 17.5 Å². The maximum Gasteiger partial charge on any atom is 0.344 e.